The van der Waals surface area contributed by atoms with Crippen LogP contribution in [0.25, 0.3) is 0 Å². The fourth-order valence-electron chi connectivity index (χ4n) is 3.49. The number of nitrogens with zero attached hydrogens (tertiary/aromatic N) is 3. The quantitative estimate of drug-likeness (QED) is 0.205. The molecule has 0 aliphatic carbocycles. The van der Waals surface area contributed by atoms with Gasteiger partial charge in [0.2, 0.25) is 5.95 Å². The maximum Gasteiger partial charge on any atom is 0.530 e. The van der Waals surface area contributed by atoms with E-state index in [1.807, 2.05) is 0 Å². The van der Waals surface area contributed by atoms with Crippen LogP contribution >= 0.6 is 7.82 Å². The van der Waals surface area contributed by atoms with Crippen molar-refractivity contribution in [2.24, 2.45) is 5.73 Å². The molecule has 0 amide bonds. The van der Waals surface area contributed by atoms with Crippen molar-refractivity contribution >= 4 is 19.7 Å². The molecule has 1 fully saturated rings. The highest BCUT2D eigenvalue weighted by molar-refractivity contribution is 7.49. The molecule has 0 spiro atoms. The van der Waals surface area contributed by atoms with Gasteiger partial charge >= 0.3 is 19.5 Å². The fourth-order valence-corrected chi connectivity index (χ4v) is 4.83. The van der Waals surface area contributed by atoms with E-state index in [2.05, 4.69) is 21.8 Å². The van der Waals surface area contributed by atoms with Gasteiger partial charge in [0.1, 0.15) is 31.0 Å². The van der Waals surface area contributed by atoms with Crippen LogP contribution in [0.3, 0.4) is 0 Å². The van der Waals surface area contributed by atoms with Crippen LogP contribution in [-0.4, -0.2) is 68.8 Å². The van der Waals surface area contributed by atoms with Crippen LogP contribution in [0.4, 0.5) is 10.3 Å². The van der Waals surface area contributed by atoms with Crippen molar-refractivity contribution in [3.8, 4) is 17.6 Å². The molecule has 6 atom stereocenters. The zero-order valence-electron chi connectivity index (χ0n) is 21.3. The Kier molecular flexibility index (Phi) is 9.78. The van der Waals surface area contributed by atoms with E-state index in [-0.39, 0.29) is 11.7 Å². The normalized spacial score (nSPS) is 24.8. The third-order valence-electron chi connectivity index (χ3n) is 5.25. The van der Waals surface area contributed by atoms with Crippen molar-refractivity contribution in [2.45, 2.75) is 57.0 Å². The Bertz CT molecular complexity index is 1320. The number of nitrogen functional groups attached to an aromatic ring is 1. The molecule has 0 bridgehead atoms. The molecule has 5 N–H and O–H groups in total. The highest BCUT2D eigenvalue weighted by Crippen LogP contribution is 2.51. The molecule has 1 aromatic heterocycles. The average molecular weight is 569 g/mol. The molecule has 3 rings (SSSR count). The minimum absolute atomic E-state index is 0.0867. The second-order valence-corrected chi connectivity index (χ2v) is 10.2. The summed E-state index contributed by atoms with van der Waals surface area (Å²) in [5.41, 5.74) is 8.72. The molecule has 2 unspecified atom stereocenters. The standard InChI is InChI=1S/C23H29FN5O9P/c1-14(2)35-19(31)15(3)37-39(33,38-16-8-5-4-6-9-16)34-12-17-18(30)23(26,10-7-11-24)20(36-17)29-13-27-21(25)28-22(29)32/h4-6,8-9,13-15,17-18,20,30H,11-12,26H2,1-3H3,(H2,25,28,32)/t15-,17+,18?,20+,23+,39?/m0/s1. The van der Waals surface area contributed by atoms with Crippen LogP contribution in [0, 0.1) is 11.8 Å². The zero-order valence-corrected chi connectivity index (χ0v) is 22.2. The number of ether oxygens (including phenoxy) is 2. The Labute approximate surface area is 223 Å². The number of nitrogens with two attached hydrogens (primary N) is 2. The molecule has 1 aromatic carbocycles. The van der Waals surface area contributed by atoms with Crippen LogP contribution < -0.4 is 21.7 Å². The van der Waals surface area contributed by atoms with Gasteiger partial charge in [-0.3, -0.25) is 13.6 Å². The third kappa shape index (κ3) is 7.39. The summed E-state index contributed by atoms with van der Waals surface area (Å²) in [4.78, 5) is 31.9. The summed E-state index contributed by atoms with van der Waals surface area (Å²) in [7, 11) is -4.58. The molecule has 14 nitrogen and oxygen atoms in total. The molecule has 1 saturated heterocycles. The molecule has 212 valence electrons. The van der Waals surface area contributed by atoms with Crippen molar-refractivity contribution in [3.63, 3.8) is 0 Å². The Hall–Kier alpha value is -3.38. The highest BCUT2D eigenvalue weighted by atomic mass is 31.2. The van der Waals surface area contributed by atoms with Gasteiger partial charge in [0.05, 0.1) is 12.7 Å². The first-order valence-electron chi connectivity index (χ1n) is 11.7. The van der Waals surface area contributed by atoms with Gasteiger partial charge in [0.25, 0.3) is 0 Å². The number of carbonyl (C=O) groups is 1. The first-order chi connectivity index (χ1) is 18.4. The number of aliphatic hydroxyl groups is 1. The summed E-state index contributed by atoms with van der Waals surface area (Å²) in [5, 5.41) is 11.0. The zero-order chi connectivity index (χ0) is 28.8. The van der Waals surface area contributed by atoms with Gasteiger partial charge in [-0.05, 0) is 32.9 Å². The topological polar surface area (TPSA) is 200 Å². The van der Waals surface area contributed by atoms with E-state index in [4.69, 9.17) is 34.5 Å². The van der Waals surface area contributed by atoms with Crippen LogP contribution in [0.15, 0.2) is 41.5 Å². The number of phosphoric acid groups is 1. The number of hydrogen-bond donors (Lipinski definition) is 3. The number of carbonyl (C=O) groups excluding carboxylic acids is 1. The second-order valence-electron chi connectivity index (χ2n) is 8.63. The van der Waals surface area contributed by atoms with Crippen molar-refractivity contribution in [2.75, 3.05) is 19.0 Å². The lowest BCUT2D eigenvalue weighted by molar-refractivity contribution is -0.156. The molecular weight excluding hydrogens is 540 g/mol. The van der Waals surface area contributed by atoms with Crippen LogP contribution in [0.2, 0.25) is 0 Å². The summed E-state index contributed by atoms with van der Waals surface area (Å²) in [5.74, 6) is 3.41. The number of para-hydroxylation sites is 1. The average Bonchev–Trinajstić information content (AvgIpc) is 3.11. The summed E-state index contributed by atoms with van der Waals surface area (Å²) in [6.07, 6.45) is -5.51. The Morgan fingerprint density at radius 1 is 1.33 bits per heavy atom. The SMILES string of the molecule is CC(C)OC(=O)[C@H](C)OP(=O)(OC[C@H]1O[C@@H](n2cnc(N)nc2=O)[C@@](N)(C#CCF)C1O)Oc1ccccc1. The van der Waals surface area contributed by atoms with E-state index in [9.17, 15) is 23.7 Å². The van der Waals surface area contributed by atoms with Gasteiger partial charge in [0, 0.05) is 0 Å². The number of rotatable bonds is 10. The van der Waals surface area contributed by atoms with Gasteiger partial charge < -0.3 is 30.6 Å². The van der Waals surface area contributed by atoms with E-state index >= 15 is 0 Å². The van der Waals surface area contributed by atoms with Crippen molar-refractivity contribution in [3.05, 3.63) is 47.1 Å². The Morgan fingerprint density at radius 3 is 2.64 bits per heavy atom. The first-order valence-corrected chi connectivity index (χ1v) is 13.1. The Morgan fingerprint density at radius 2 is 2.03 bits per heavy atom. The minimum Gasteiger partial charge on any atom is -0.461 e. The number of aromatic nitrogens is 3. The predicted octanol–water partition coefficient (Wildman–Crippen LogP) is 0.710. The number of halogens is 1. The first kappa shape index (κ1) is 30.2. The monoisotopic (exact) mass is 569 g/mol. The summed E-state index contributed by atoms with van der Waals surface area (Å²) >= 11 is 0. The molecule has 39 heavy (non-hydrogen) atoms. The number of esters is 1. The fraction of sp³-hybridized carbons (Fsp3) is 0.478. The van der Waals surface area contributed by atoms with Crippen molar-refractivity contribution < 1.29 is 41.9 Å². The van der Waals surface area contributed by atoms with E-state index in [0.29, 0.717) is 0 Å². The number of alkyl halides is 1. The molecule has 2 heterocycles. The lowest BCUT2D eigenvalue weighted by Crippen LogP contribution is -2.55. The second kappa shape index (κ2) is 12.6. The molecular formula is C23H29FN5O9P. The van der Waals surface area contributed by atoms with Crippen molar-refractivity contribution in [1.82, 2.24) is 14.5 Å². The molecule has 0 saturated carbocycles. The largest absolute Gasteiger partial charge is 0.530 e. The Balaban J connectivity index is 1.88. The smallest absolute Gasteiger partial charge is 0.461 e. The van der Waals surface area contributed by atoms with E-state index in [1.54, 1.807) is 32.0 Å². The molecule has 16 heteroatoms. The molecule has 0 radical (unpaired) electrons. The number of phosphoric ester groups is 1. The summed E-state index contributed by atoms with van der Waals surface area (Å²) in [6, 6.07) is 7.83. The molecule has 1 aliphatic rings. The lowest BCUT2D eigenvalue weighted by Gasteiger charge is -2.27. The van der Waals surface area contributed by atoms with E-state index in [0.717, 1.165) is 10.9 Å². The predicted molar refractivity (Wildman–Crippen MR) is 134 cm³/mol. The number of anilines is 1. The van der Waals surface area contributed by atoms with Gasteiger partial charge in [-0.25, -0.2) is 23.5 Å². The number of aliphatic hydroxyl groups excluding tert-OH is 1. The van der Waals surface area contributed by atoms with Crippen molar-refractivity contribution in [1.29, 1.82) is 0 Å². The van der Waals surface area contributed by atoms with E-state index < -0.39 is 68.9 Å². The third-order valence-corrected chi connectivity index (χ3v) is 6.73. The number of benzene rings is 1. The van der Waals surface area contributed by atoms with Gasteiger partial charge in [-0.2, -0.15) is 4.98 Å². The highest BCUT2D eigenvalue weighted by Gasteiger charge is 2.55. The lowest BCUT2D eigenvalue weighted by atomic mass is 9.91. The number of hydrogen-bond acceptors (Lipinski definition) is 13. The molecule has 2 aromatic rings. The van der Waals surface area contributed by atoms with Gasteiger partial charge in [-0.1, -0.05) is 30.0 Å². The summed E-state index contributed by atoms with van der Waals surface area (Å²) in [6.45, 7) is 2.74. The molecule has 1 aliphatic heterocycles. The maximum atomic E-state index is 13.6. The van der Waals surface area contributed by atoms with Crippen LogP contribution in [0.5, 0.6) is 5.75 Å². The van der Waals surface area contributed by atoms with Crippen LogP contribution in [-0.2, 0) is 27.9 Å². The maximum absolute atomic E-state index is 13.6. The van der Waals surface area contributed by atoms with E-state index in [1.165, 1.54) is 19.1 Å². The van der Waals surface area contributed by atoms with Crippen LogP contribution in [0.1, 0.15) is 27.0 Å². The van der Waals surface area contributed by atoms with Gasteiger partial charge in [0.15, 0.2) is 17.9 Å². The summed E-state index contributed by atoms with van der Waals surface area (Å²) < 4.78 is 54.4. The van der Waals surface area contributed by atoms with Gasteiger partial charge in [-0.15, -0.1) is 0 Å². The minimum atomic E-state index is -4.58.